The van der Waals surface area contributed by atoms with Crippen molar-refractivity contribution in [3.8, 4) is 16.9 Å². The Morgan fingerprint density at radius 3 is 3.09 bits per heavy atom. The van der Waals surface area contributed by atoms with E-state index in [0.29, 0.717) is 37.1 Å². The minimum atomic E-state index is 0.473. The van der Waals surface area contributed by atoms with E-state index in [4.69, 9.17) is 21.1 Å². The van der Waals surface area contributed by atoms with Gasteiger partial charge in [0.25, 0.3) is 0 Å². The fraction of sp³-hybridized carbons (Fsp3) is 0.250. The Labute approximate surface area is 138 Å². The van der Waals surface area contributed by atoms with Crippen molar-refractivity contribution in [2.24, 2.45) is 4.99 Å². The lowest BCUT2D eigenvalue weighted by Crippen LogP contribution is -2.18. The first kappa shape index (κ1) is 14.3. The second-order valence-corrected chi connectivity index (χ2v) is 5.63. The van der Waals surface area contributed by atoms with E-state index in [1.54, 1.807) is 16.9 Å². The van der Waals surface area contributed by atoms with Crippen LogP contribution in [0.5, 0.6) is 5.75 Å². The third-order valence-corrected chi connectivity index (χ3v) is 3.83. The molecule has 0 saturated carbocycles. The molecule has 0 unspecified atom stereocenters. The maximum Gasteiger partial charge on any atom is 0.142 e. The molecule has 4 bridgehead atoms. The molecule has 7 heteroatoms. The average Bonchev–Trinajstić information content (AvgIpc) is 2.96. The summed E-state index contributed by atoms with van der Waals surface area (Å²) in [6, 6.07) is 5.64. The molecule has 1 aromatic heterocycles. The first-order valence-corrected chi connectivity index (χ1v) is 7.76. The summed E-state index contributed by atoms with van der Waals surface area (Å²) in [4.78, 5) is 4.49. The molecule has 0 radical (unpaired) electrons. The zero-order chi connectivity index (χ0) is 15.6. The Balaban J connectivity index is 1.81. The van der Waals surface area contributed by atoms with Crippen LogP contribution in [0, 0.1) is 0 Å². The summed E-state index contributed by atoms with van der Waals surface area (Å²) in [5, 5.41) is 8.29. The minimum absolute atomic E-state index is 0.473. The summed E-state index contributed by atoms with van der Waals surface area (Å²) in [6.45, 7) is 2.13. The summed E-state index contributed by atoms with van der Waals surface area (Å²) >= 11 is 6.23. The highest BCUT2D eigenvalue weighted by Crippen LogP contribution is 2.34. The van der Waals surface area contributed by atoms with Gasteiger partial charge >= 0.3 is 0 Å². The normalized spacial score (nSPS) is 19.1. The quantitative estimate of drug-likeness (QED) is 0.807. The number of hydrogen-bond acceptors (Lipinski definition) is 5. The van der Waals surface area contributed by atoms with Crippen LogP contribution in [0.25, 0.3) is 17.3 Å². The highest BCUT2D eigenvalue weighted by atomic mass is 35.5. The van der Waals surface area contributed by atoms with Crippen molar-refractivity contribution in [3.63, 3.8) is 0 Å². The lowest BCUT2D eigenvalue weighted by atomic mass is 10.1. The average molecular weight is 331 g/mol. The van der Waals surface area contributed by atoms with E-state index in [9.17, 15) is 0 Å². The van der Waals surface area contributed by atoms with Gasteiger partial charge in [-0.1, -0.05) is 11.6 Å². The van der Waals surface area contributed by atoms with Crippen LogP contribution in [0.4, 0.5) is 5.82 Å². The first-order chi connectivity index (χ1) is 11.3. The van der Waals surface area contributed by atoms with E-state index < -0.39 is 0 Å². The number of rotatable bonds is 0. The van der Waals surface area contributed by atoms with Gasteiger partial charge in [-0.05, 0) is 29.8 Å². The van der Waals surface area contributed by atoms with Crippen LogP contribution >= 0.6 is 11.6 Å². The monoisotopic (exact) mass is 330 g/mol. The number of halogens is 1. The lowest BCUT2D eigenvalue weighted by molar-refractivity contribution is 0.106. The van der Waals surface area contributed by atoms with Crippen LogP contribution in [0.2, 0.25) is 5.02 Å². The summed E-state index contributed by atoms with van der Waals surface area (Å²) in [7, 11) is 0. The molecule has 0 fully saturated rings. The summed E-state index contributed by atoms with van der Waals surface area (Å²) < 4.78 is 13.0. The maximum atomic E-state index is 6.23. The van der Waals surface area contributed by atoms with Gasteiger partial charge in [-0.25, -0.2) is 4.68 Å². The number of aliphatic imine (C=N–C) groups is 1. The van der Waals surface area contributed by atoms with Gasteiger partial charge in [0.1, 0.15) is 24.0 Å². The number of hydrogen-bond donors (Lipinski definition) is 1. The molecular formula is C16H15ClN4O2. The third-order valence-electron chi connectivity index (χ3n) is 3.61. The van der Waals surface area contributed by atoms with Crippen molar-refractivity contribution in [2.75, 3.05) is 31.7 Å². The van der Waals surface area contributed by atoms with Gasteiger partial charge in [0.05, 0.1) is 26.0 Å². The standard InChI is InChI=1S/C16H15ClN4O2/c17-12-7-11-8-13(9-12)23-6-5-22-4-2-18-15-1-3-21-16(20-15)14(11)10-19-21/h1,3,7-10H,2,4-6H2,(H,18,20). The molecule has 0 amide bonds. The maximum absolute atomic E-state index is 6.23. The van der Waals surface area contributed by atoms with E-state index in [0.717, 1.165) is 22.8 Å². The van der Waals surface area contributed by atoms with Crippen molar-refractivity contribution < 1.29 is 9.47 Å². The number of benzene rings is 1. The van der Waals surface area contributed by atoms with Crippen molar-refractivity contribution in [1.82, 2.24) is 9.78 Å². The first-order valence-electron chi connectivity index (χ1n) is 7.38. The van der Waals surface area contributed by atoms with Gasteiger partial charge in [0, 0.05) is 16.8 Å². The van der Waals surface area contributed by atoms with E-state index in [-0.39, 0.29) is 0 Å². The molecule has 118 valence electrons. The number of anilines is 1. The molecule has 6 nitrogen and oxygen atoms in total. The molecule has 1 aromatic carbocycles. The van der Waals surface area contributed by atoms with E-state index >= 15 is 0 Å². The van der Waals surface area contributed by atoms with E-state index in [2.05, 4.69) is 15.4 Å². The Bertz CT molecular complexity index is 797. The zero-order valence-electron chi connectivity index (χ0n) is 12.3. The Morgan fingerprint density at radius 2 is 2.13 bits per heavy atom. The Hall–Kier alpha value is -2.31. The van der Waals surface area contributed by atoms with Gasteiger partial charge in [-0.2, -0.15) is 5.10 Å². The molecule has 4 rings (SSSR count). The van der Waals surface area contributed by atoms with E-state index in [1.807, 2.05) is 24.4 Å². The van der Waals surface area contributed by atoms with Gasteiger partial charge < -0.3 is 14.8 Å². The Kier molecular flexibility index (Phi) is 3.77. The van der Waals surface area contributed by atoms with Crippen molar-refractivity contribution in [3.05, 3.63) is 35.5 Å². The molecule has 0 spiro atoms. The largest absolute Gasteiger partial charge is 0.491 e. The molecule has 1 N–H and O–H groups in total. The number of amidine groups is 1. The van der Waals surface area contributed by atoms with Crippen LogP contribution in [-0.4, -0.2) is 42.0 Å². The zero-order valence-corrected chi connectivity index (χ0v) is 13.1. The lowest BCUT2D eigenvalue weighted by Gasteiger charge is -2.16. The number of fused-ring (bicyclic) bond motifs is 4. The molecule has 23 heavy (non-hydrogen) atoms. The second kappa shape index (κ2) is 6.06. The number of nitrogens with zero attached hydrogens (tertiary/aromatic N) is 3. The molecule has 2 aliphatic rings. The van der Waals surface area contributed by atoms with Crippen LogP contribution in [0.15, 0.2) is 35.5 Å². The highest BCUT2D eigenvalue weighted by molar-refractivity contribution is 6.31. The van der Waals surface area contributed by atoms with E-state index in [1.165, 1.54) is 0 Å². The van der Waals surface area contributed by atoms with Crippen LogP contribution in [-0.2, 0) is 4.74 Å². The smallest absolute Gasteiger partial charge is 0.142 e. The predicted octanol–water partition coefficient (Wildman–Crippen LogP) is 2.91. The summed E-state index contributed by atoms with van der Waals surface area (Å²) in [5.74, 6) is 2.37. The topological polar surface area (TPSA) is 60.7 Å². The molecule has 0 atom stereocenters. The fourth-order valence-electron chi connectivity index (χ4n) is 2.56. The predicted molar refractivity (Wildman–Crippen MR) is 90.2 cm³/mol. The van der Waals surface area contributed by atoms with Gasteiger partial charge in [0.15, 0.2) is 0 Å². The van der Waals surface area contributed by atoms with Gasteiger partial charge in [-0.15, -0.1) is 0 Å². The molecular weight excluding hydrogens is 316 g/mol. The summed E-state index contributed by atoms with van der Waals surface area (Å²) in [5.41, 5.74) is 1.89. The van der Waals surface area contributed by atoms with Crippen molar-refractivity contribution in [2.45, 2.75) is 0 Å². The van der Waals surface area contributed by atoms with Crippen LogP contribution < -0.4 is 10.1 Å². The molecule has 0 aliphatic carbocycles. The molecule has 2 aliphatic heterocycles. The molecule has 0 saturated heterocycles. The van der Waals surface area contributed by atoms with Gasteiger partial charge in [0.2, 0.25) is 0 Å². The minimum Gasteiger partial charge on any atom is -0.491 e. The van der Waals surface area contributed by atoms with Crippen LogP contribution in [0.3, 0.4) is 0 Å². The summed E-state index contributed by atoms with van der Waals surface area (Å²) in [6.07, 6.45) is 5.57. The fourth-order valence-corrected chi connectivity index (χ4v) is 2.79. The highest BCUT2D eigenvalue weighted by Gasteiger charge is 2.17. The second-order valence-electron chi connectivity index (χ2n) is 5.20. The molecule has 3 heterocycles. The van der Waals surface area contributed by atoms with Crippen molar-refractivity contribution in [1.29, 1.82) is 0 Å². The van der Waals surface area contributed by atoms with Crippen molar-refractivity contribution >= 4 is 29.5 Å². The Morgan fingerprint density at radius 1 is 1.17 bits per heavy atom. The molecule has 2 aromatic rings. The number of ether oxygens (including phenoxy) is 2. The third kappa shape index (κ3) is 2.95. The SMILES string of the molecule is Clc1cc2cc(c1)-c1cnn3c1N/C(=N\CCOCCO2)C=C3. The number of aromatic nitrogens is 2. The van der Waals surface area contributed by atoms with Gasteiger partial charge in [-0.3, -0.25) is 4.99 Å². The number of nitrogens with one attached hydrogen (secondary N) is 1. The van der Waals surface area contributed by atoms with Crippen LogP contribution in [0.1, 0.15) is 0 Å².